The minimum atomic E-state index is -0.940. The van der Waals surface area contributed by atoms with Crippen LogP contribution in [0.15, 0.2) is 60.2 Å². The van der Waals surface area contributed by atoms with Crippen LogP contribution in [0.2, 0.25) is 0 Å². The van der Waals surface area contributed by atoms with Gasteiger partial charge < -0.3 is 9.84 Å². The molecular weight excluding hydrogens is 388 g/mol. The highest BCUT2D eigenvalue weighted by Crippen LogP contribution is 2.50. The first-order valence-corrected chi connectivity index (χ1v) is 10.1. The molecule has 0 saturated carbocycles. The number of hydrogen-bond donors (Lipinski definition) is 1. The number of carbonyl (C=O) groups excluding carboxylic acids is 1. The smallest absolute Gasteiger partial charge is 0.338 e. The summed E-state index contributed by atoms with van der Waals surface area (Å²) in [6, 6.07) is 11.9. The fourth-order valence-corrected chi connectivity index (χ4v) is 3.89. The van der Waals surface area contributed by atoms with Crippen molar-refractivity contribution in [3.63, 3.8) is 0 Å². The number of allylic oxidation sites excluding steroid dienone is 1. The highest BCUT2D eigenvalue weighted by Gasteiger charge is 2.36. The van der Waals surface area contributed by atoms with Gasteiger partial charge >= 0.3 is 11.9 Å². The average Bonchev–Trinajstić information content (AvgIpc) is 2.95. The Bertz CT molecular complexity index is 1160. The fourth-order valence-electron chi connectivity index (χ4n) is 3.89. The lowest BCUT2D eigenvalue weighted by Gasteiger charge is -2.23. The van der Waals surface area contributed by atoms with E-state index in [4.69, 9.17) is 16.3 Å². The summed E-state index contributed by atoms with van der Waals surface area (Å²) in [7, 11) is 0. The molecule has 0 amide bonds. The number of fused-ring (bicyclic) bond motifs is 3. The summed E-state index contributed by atoms with van der Waals surface area (Å²) in [6.45, 7) is 11.1. The normalized spacial score (nSPS) is 14.7. The maximum atomic E-state index is 11.9. The van der Waals surface area contributed by atoms with Gasteiger partial charge in [0, 0.05) is 22.5 Å². The molecule has 0 aliphatic heterocycles. The number of carboxylic acids is 1. The van der Waals surface area contributed by atoms with Crippen LogP contribution in [0, 0.1) is 12.3 Å². The molecule has 31 heavy (non-hydrogen) atoms. The van der Waals surface area contributed by atoms with E-state index in [1.807, 2.05) is 18.2 Å². The Morgan fingerprint density at radius 2 is 1.77 bits per heavy atom. The molecule has 0 heterocycles. The van der Waals surface area contributed by atoms with E-state index in [0.29, 0.717) is 17.7 Å². The lowest BCUT2D eigenvalue weighted by atomic mass is 9.81. The van der Waals surface area contributed by atoms with Crippen molar-refractivity contribution in [1.29, 1.82) is 0 Å². The minimum absolute atomic E-state index is 0.216. The van der Waals surface area contributed by atoms with Gasteiger partial charge in [-0.2, -0.15) is 0 Å². The Kier molecular flexibility index (Phi) is 5.90. The van der Waals surface area contributed by atoms with Crippen LogP contribution in [0.4, 0.5) is 0 Å². The van der Waals surface area contributed by atoms with Crippen LogP contribution >= 0.6 is 0 Å². The third kappa shape index (κ3) is 4.18. The summed E-state index contributed by atoms with van der Waals surface area (Å²) in [4.78, 5) is 23.0. The van der Waals surface area contributed by atoms with Crippen LogP contribution in [0.25, 0.3) is 11.1 Å². The molecule has 1 N–H and O–H groups in total. The van der Waals surface area contributed by atoms with Crippen LogP contribution in [0.1, 0.15) is 56.7 Å². The zero-order valence-electron chi connectivity index (χ0n) is 18.3. The summed E-state index contributed by atoms with van der Waals surface area (Å²) in [5, 5.41) is 9.09. The number of ether oxygens (including phenoxy) is 1. The van der Waals surface area contributed by atoms with Crippen LogP contribution in [0.3, 0.4) is 0 Å². The second-order valence-electron chi connectivity index (χ2n) is 8.45. The first-order valence-electron chi connectivity index (χ1n) is 10.1. The first-order chi connectivity index (χ1) is 14.6. The summed E-state index contributed by atoms with van der Waals surface area (Å²) >= 11 is 0. The third-order valence-corrected chi connectivity index (χ3v) is 5.83. The Labute approximate surface area is 183 Å². The highest BCUT2D eigenvalue weighted by atomic mass is 16.5. The molecule has 2 aromatic carbocycles. The topological polar surface area (TPSA) is 63.6 Å². The van der Waals surface area contributed by atoms with Crippen LogP contribution in [0.5, 0.6) is 5.75 Å². The van der Waals surface area contributed by atoms with Crippen molar-refractivity contribution in [3.8, 4) is 29.2 Å². The summed E-state index contributed by atoms with van der Waals surface area (Å²) in [5.74, 6) is 1.68. The molecule has 0 fully saturated rings. The first kappa shape index (κ1) is 22.1. The molecule has 4 nitrogen and oxygen atoms in total. The lowest BCUT2D eigenvalue weighted by molar-refractivity contribution is -0.132. The zero-order valence-corrected chi connectivity index (χ0v) is 18.3. The van der Waals surface area contributed by atoms with Crippen LogP contribution < -0.4 is 4.74 Å². The molecule has 0 radical (unpaired) electrons. The Balaban J connectivity index is 1.97. The van der Waals surface area contributed by atoms with Crippen molar-refractivity contribution >= 4 is 11.9 Å². The van der Waals surface area contributed by atoms with E-state index in [-0.39, 0.29) is 16.9 Å². The van der Waals surface area contributed by atoms with Gasteiger partial charge in [-0.25, -0.2) is 9.59 Å². The van der Waals surface area contributed by atoms with Crippen molar-refractivity contribution in [2.24, 2.45) is 0 Å². The van der Waals surface area contributed by atoms with Crippen molar-refractivity contribution in [3.05, 3.63) is 76.9 Å². The Hall–Kier alpha value is -3.58. The number of terminal acetylenes is 1. The molecule has 158 valence electrons. The lowest BCUT2D eigenvalue weighted by Crippen LogP contribution is -2.16. The van der Waals surface area contributed by atoms with E-state index in [1.54, 1.807) is 26.0 Å². The van der Waals surface area contributed by atoms with E-state index in [1.165, 1.54) is 0 Å². The molecule has 4 heteroatoms. The second kappa shape index (κ2) is 8.28. The molecular formula is C27H26O4. The number of benzene rings is 2. The number of rotatable bonds is 6. The van der Waals surface area contributed by atoms with Gasteiger partial charge in [-0.3, -0.25) is 0 Å². The largest absolute Gasteiger partial charge is 0.478 e. The van der Waals surface area contributed by atoms with Crippen LogP contribution in [-0.2, 0) is 15.0 Å². The van der Waals surface area contributed by atoms with Gasteiger partial charge in [0.2, 0.25) is 0 Å². The third-order valence-electron chi connectivity index (χ3n) is 5.83. The molecule has 1 aliphatic carbocycles. The SMILES string of the molecule is C#CC(CC=C(C)C(=O)O)c1ccc2c(c1)C(C)(C)c1cc(OC(=O)C(=C)C)ccc1-2. The minimum Gasteiger partial charge on any atom is -0.478 e. The molecule has 1 atom stereocenters. The Morgan fingerprint density at radius 1 is 1.16 bits per heavy atom. The van der Waals surface area contributed by atoms with E-state index in [2.05, 4.69) is 38.5 Å². The molecule has 2 aromatic rings. The van der Waals surface area contributed by atoms with Gasteiger partial charge in [0.15, 0.2) is 0 Å². The van der Waals surface area contributed by atoms with Gasteiger partial charge in [-0.05, 0) is 60.2 Å². The quantitative estimate of drug-likeness (QED) is 0.289. The van der Waals surface area contributed by atoms with Crippen molar-refractivity contribution in [2.75, 3.05) is 0 Å². The van der Waals surface area contributed by atoms with Gasteiger partial charge in [-0.15, -0.1) is 6.42 Å². The summed E-state index contributed by atoms with van der Waals surface area (Å²) < 4.78 is 5.43. The van der Waals surface area contributed by atoms with E-state index in [9.17, 15) is 9.59 Å². The Morgan fingerprint density at radius 3 is 2.35 bits per heavy atom. The zero-order chi connectivity index (χ0) is 22.9. The monoisotopic (exact) mass is 414 g/mol. The predicted octanol–water partition coefficient (Wildman–Crippen LogP) is 5.61. The molecule has 0 spiro atoms. The fraction of sp³-hybridized carbons (Fsp3) is 0.259. The number of aliphatic carboxylic acids is 1. The summed E-state index contributed by atoms with van der Waals surface area (Å²) in [5.41, 5.74) is 5.73. The number of carbonyl (C=O) groups is 2. The molecule has 0 aromatic heterocycles. The molecule has 0 saturated heterocycles. The second-order valence-corrected chi connectivity index (χ2v) is 8.45. The maximum absolute atomic E-state index is 11.9. The van der Waals surface area contributed by atoms with Crippen LogP contribution in [-0.4, -0.2) is 17.0 Å². The molecule has 1 aliphatic rings. The summed E-state index contributed by atoms with van der Waals surface area (Å²) in [6.07, 6.45) is 7.90. The highest BCUT2D eigenvalue weighted by molar-refractivity contribution is 5.89. The molecule has 1 unspecified atom stereocenters. The van der Waals surface area contributed by atoms with Gasteiger partial charge in [0.25, 0.3) is 0 Å². The van der Waals surface area contributed by atoms with Crippen molar-refractivity contribution < 1.29 is 19.4 Å². The molecule has 3 rings (SSSR count). The standard InChI is InChI=1S/C27H26O4/c1-7-18(9-8-17(4)25(28)29)19-10-12-21-22-13-11-20(31-26(30)16(2)3)15-24(22)27(5,6)23(21)14-19/h1,8,10-15,18H,2,9H2,3-6H3,(H,28,29). The maximum Gasteiger partial charge on any atom is 0.338 e. The number of esters is 1. The van der Waals surface area contributed by atoms with Gasteiger partial charge in [0.05, 0.1) is 0 Å². The van der Waals surface area contributed by atoms with E-state index < -0.39 is 11.9 Å². The van der Waals surface area contributed by atoms with Crippen molar-refractivity contribution in [2.45, 2.75) is 45.4 Å². The van der Waals surface area contributed by atoms with Gasteiger partial charge in [-0.1, -0.05) is 56.7 Å². The van der Waals surface area contributed by atoms with Gasteiger partial charge in [0.1, 0.15) is 5.75 Å². The van der Waals surface area contributed by atoms with Crippen molar-refractivity contribution in [1.82, 2.24) is 0 Å². The van der Waals surface area contributed by atoms with E-state index in [0.717, 1.165) is 27.8 Å². The van der Waals surface area contributed by atoms with E-state index >= 15 is 0 Å². The predicted molar refractivity (Wildman–Crippen MR) is 122 cm³/mol. The number of carboxylic acid groups (broad SMARTS) is 1. The average molecular weight is 415 g/mol. The number of hydrogen-bond acceptors (Lipinski definition) is 3. The molecule has 0 bridgehead atoms.